The molecule has 0 saturated carbocycles. The molecule has 0 aliphatic heterocycles. The molecule has 0 aliphatic rings. The number of nitrogens with zero attached hydrogens (tertiary/aromatic N) is 5. The lowest BCUT2D eigenvalue weighted by Crippen LogP contribution is -2.25. The van der Waals surface area contributed by atoms with Crippen LogP contribution in [0.25, 0.3) is 0 Å². The molecule has 7 nitrogen and oxygen atoms in total. The molecule has 0 unspecified atom stereocenters. The normalized spacial score (nSPS) is 10.3. The third-order valence-corrected chi connectivity index (χ3v) is 2.88. The molecule has 0 radical (unpaired) electrons. The van der Waals surface area contributed by atoms with Crippen LogP contribution in [0.1, 0.15) is 27.4 Å². The smallest absolute Gasteiger partial charge is 0.255 e. The molecule has 0 saturated heterocycles. The van der Waals surface area contributed by atoms with Crippen molar-refractivity contribution in [3.8, 4) is 0 Å². The summed E-state index contributed by atoms with van der Waals surface area (Å²) in [7, 11) is 3.70. The summed E-state index contributed by atoms with van der Waals surface area (Å²) in [5.41, 5.74) is 2.65. The van der Waals surface area contributed by atoms with E-state index in [0.717, 1.165) is 5.69 Å². The third kappa shape index (κ3) is 3.71. The van der Waals surface area contributed by atoms with Gasteiger partial charge in [-0.15, -0.1) is 0 Å². The minimum atomic E-state index is -0.222. The van der Waals surface area contributed by atoms with Crippen molar-refractivity contribution in [1.82, 2.24) is 25.3 Å². The topological polar surface area (TPSA) is 83.9 Å². The molecule has 2 aromatic heterocycles. The molecule has 0 atom stereocenters. The second-order valence-electron chi connectivity index (χ2n) is 4.90. The molecule has 21 heavy (non-hydrogen) atoms. The van der Waals surface area contributed by atoms with Crippen LogP contribution in [0.2, 0.25) is 0 Å². The Morgan fingerprint density at radius 2 is 1.90 bits per heavy atom. The number of aryl methyl sites for hydroxylation is 2. The molecular weight excluding hydrogens is 268 g/mol. The molecule has 0 aromatic carbocycles. The van der Waals surface area contributed by atoms with Crippen molar-refractivity contribution in [3.05, 3.63) is 41.2 Å². The van der Waals surface area contributed by atoms with Crippen molar-refractivity contribution in [1.29, 1.82) is 0 Å². The van der Waals surface area contributed by atoms with E-state index in [1.807, 2.05) is 21.0 Å². The van der Waals surface area contributed by atoms with Crippen molar-refractivity contribution in [2.45, 2.75) is 20.4 Å². The average Bonchev–Trinajstić information content (AvgIpc) is 2.46. The van der Waals surface area contributed by atoms with Crippen LogP contribution in [-0.4, -0.2) is 39.9 Å². The van der Waals surface area contributed by atoms with Gasteiger partial charge < -0.3 is 10.2 Å². The summed E-state index contributed by atoms with van der Waals surface area (Å²) < 4.78 is 0. The van der Waals surface area contributed by atoms with Crippen LogP contribution < -0.4 is 10.2 Å². The van der Waals surface area contributed by atoms with Gasteiger partial charge in [-0.3, -0.25) is 14.8 Å². The van der Waals surface area contributed by atoms with Gasteiger partial charge in [0.05, 0.1) is 35.4 Å². The maximum Gasteiger partial charge on any atom is 0.255 e. The quantitative estimate of drug-likeness (QED) is 0.898. The molecule has 2 heterocycles. The average molecular weight is 286 g/mol. The van der Waals surface area contributed by atoms with E-state index in [-0.39, 0.29) is 5.91 Å². The Morgan fingerprint density at radius 1 is 1.14 bits per heavy atom. The lowest BCUT2D eigenvalue weighted by atomic mass is 10.2. The molecule has 1 amide bonds. The van der Waals surface area contributed by atoms with Gasteiger partial charge in [0.15, 0.2) is 0 Å². The first-order chi connectivity index (χ1) is 9.97. The van der Waals surface area contributed by atoms with Gasteiger partial charge in [-0.05, 0) is 13.8 Å². The Balaban J connectivity index is 2.05. The predicted molar refractivity (Wildman–Crippen MR) is 79.0 cm³/mol. The van der Waals surface area contributed by atoms with E-state index in [1.165, 1.54) is 6.20 Å². The van der Waals surface area contributed by atoms with Gasteiger partial charge in [0.25, 0.3) is 5.91 Å². The largest absolute Gasteiger partial charge is 0.347 e. The summed E-state index contributed by atoms with van der Waals surface area (Å²) in [6.07, 6.45) is 4.85. The van der Waals surface area contributed by atoms with E-state index < -0.39 is 0 Å². The lowest BCUT2D eigenvalue weighted by molar-refractivity contribution is 0.0949. The van der Waals surface area contributed by atoms with Crippen LogP contribution in [0, 0.1) is 13.8 Å². The summed E-state index contributed by atoms with van der Waals surface area (Å²) in [4.78, 5) is 30.7. The van der Waals surface area contributed by atoms with Crippen molar-refractivity contribution in [2.24, 2.45) is 0 Å². The highest BCUT2D eigenvalue weighted by Crippen LogP contribution is 2.09. The first kappa shape index (κ1) is 14.8. The van der Waals surface area contributed by atoms with Gasteiger partial charge in [0.1, 0.15) is 0 Å². The van der Waals surface area contributed by atoms with Gasteiger partial charge in [-0.1, -0.05) is 0 Å². The highest BCUT2D eigenvalue weighted by atomic mass is 16.1. The van der Waals surface area contributed by atoms with Crippen LogP contribution in [0.3, 0.4) is 0 Å². The predicted octanol–water partition coefficient (Wildman–Crippen LogP) is 0.879. The van der Waals surface area contributed by atoms with Gasteiger partial charge in [0.2, 0.25) is 5.95 Å². The summed E-state index contributed by atoms with van der Waals surface area (Å²) in [6, 6.07) is 0. The molecule has 0 spiro atoms. The van der Waals surface area contributed by atoms with Gasteiger partial charge in [-0.2, -0.15) is 0 Å². The first-order valence-corrected chi connectivity index (χ1v) is 6.54. The number of carbonyl (C=O) groups is 1. The monoisotopic (exact) mass is 286 g/mol. The molecule has 0 aliphatic carbocycles. The van der Waals surface area contributed by atoms with E-state index in [1.54, 1.807) is 24.2 Å². The SMILES string of the molecule is Cc1cnc(CNC(=O)c2cnc(N(C)C)nc2C)cn1. The Bertz CT molecular complexity index is 638. The van der Waals surface area contributed by atoms with Gasteiger partial charge >= 0.3 is 0 Å². The Kier molecular flexibility index (Phi) is 4.42. The third-order valence-electron chi connectivity index (χ3n) is 2.88. The standard InChI is InChI=1S/C14H18N6O/c1-9-5-16-11(6-15-9)7-17-13(21)12-8-18-14(20(3)4)19-10(12)2/h5-6,8H,7H2,1-4H3,(H,17,21). The van der Waals surface area contributed by atoms with E-state index in [9.17, 15) is 4.79 Å². The van der Waals surface area contributed by atoms with Crippen LogP contribution in [-0.2, 0) is 6.54 Å². The zero-order valence-electron chi connectivity index (χ0n) is 12.6. The number of nitrogens with one attached hydrogen (secondary N) is 1. The second-order valence-corrected chi connectivity index (χ2v) is 4.90. The van der Waals surface area contributed by atoms with E-state index in [4.69, 9.17) is 0 Å². The number of amides is 1. The number of carbonyl (C=O) groups excluding carboxylic acids is 1. The highest BCUT2D eigenvalue weighted by molar-refractivity contribution is 5.94. The number of hydrogen-bond acceptors (Lipinski definition) is 6. The highest BCUT2D eigenvalue weighted by Gasteiger charge is 2.12. The fourth-order valence-corrected chi connectivity index (χ4v) is 1.67. The molecule has 110 valence electrons. The van der Waals surface area contributed by atoms with E-state index >= 15 is 0 Å². The van der Waals surface area contributed by atoms with Crippen molar-refractivity contribution < 1.29 is 4.79 Å². The summed E-state index contributed by atoms with van der Waals surface area (Å²) >= 11 is 0. The molecule has 7 heteroatoms. The van der Waals surface area contributed by atoms with Gasteiger partial charge in [0, 0.05) is 26.5 Å². The molecule has 2 rings (SSSR count). The fraction of sp³-hybridized carbons (Fsp3) is 0.357. The summed E-state index contributed by atoms with van der Waals surface area (Å²) in [5, 5.41) is 2.79. The lowest BCUT2D eigenvalue weighted by Gasteiger charge is -2.12. The van der Waals surface area contributed by atoms with Crippen molar-refractivity contribution >= 4 is 11.9 Å². The van der Waals surface area contributed by atoms with Gasteiger partial charge in [-0.25, -0.2) is 9.97 Å². The zero-order chi connectivity index (χ0) is 15.4. The summed E-state index contributed by atoms with van der Waals surface area (Å²) in [5.74, 6) is 0.355. The van der Waals surface area contributed by atoms with Crippen LogP contribution in [0.15, 0.2) is 18.6 Å². The van der Waals surface area contributed by atoms with Crippen LogP contribution in [0.5, 0.6) is 0 Å². The van der Waals surface area contributed by atoms with E-state index in [0.29, 0.717) is 29.4 Å². The first-order valence-electron chi connectivity index (χ1n) is 6.54. The number of hydrogen-bond donors (Lipinski definition) is 1. The number of anilines is 1. The fourth-order valence-electron chi connectivity index (χ4n) is 1.67. The molecule has 2 aromatic rings. The van der Waals surface area contributed by atoms with Crippen molar-refractivity contribution in [2.75, 3.05) is 19.0 Å². The molecule has 0 fully saturated rings. The maximum absolute atomic E-state index is 12.1. The van der Waals surface area contributed by atoms with Crippen LogP contribution in [0.4, 0.5) is 5.95 Å². The Hall–Kier alpha value is -2.57. The second kappa shape index (κ2) is 6.25. The number of rotatable bonds is 4. The zero-order valence-corrected chi connectivity index (χ0v) is 12.6. The molecule has 0 bridgehead atoms. The number of aromatic nitrogens is 4. The Morgan fingerprint density at radius 3 is 2.48 bits per heavy atom. The van der Waals surface area contributed by atoms with Crippen LogP contribution >= 0.6 is 0 Å². The van der Waals surface area contributed by atoms with Crippen molar-refractivity contribution in [3.63, 3.8) is 0 Å². The maximum atomic E-state index is 12.1. The molecule has 1 N–H and O–H groups in total. The minimum Gasteiger partial charge on any atom is -0.347 e. The minimum absolute atomic E-state index is 0.222. The van der Waals surface area contributed by atoms with E-state index in [2.05, 4.69) is 25.3 Å². The molecular formula is C14H18N6O. The Labute approximate surface area is 123 Å². The summed E-state index contributed by atoms with van der Waals surface area (Å²) in [6.45, 7) is 3.97.